The van der Waals surface area contributed by atoms with Crippen LogP contribution in [0, 0.1) is 0 Å². The van der Waals surface area contributed by atoms with Gasteiger partial charge in [-0.15, -0.1) is 0 Å². The van der Waals surface area contributed by atoms with Crippen LogP contribution < -0.4 is 5.73 Å². The number of rotatable bonds is 6. The first kappa shape index (κ1) is 14.3. The van der Waals surface area contributed by atoms with Crippen LogP contribution in [0.2, 0.25) is 0 Å². The van der Waals surface area contributed by atoms with Crippen LogP contribution in [-0.2, 0) is 0 Å². The molecular weight excluding hydrogens is 224 g/mol. The van der Waals surface area contributed by atoms with Gasteiger partial charge in [-0.2, -0.15) is 0 Å². The Morgan fingerprint density at radius 1 is 0.611 bits per heavy atom. The Hall–Kier alpha value is -0.160. The minimum atomic E-state index is 0.801. The summed E-state index contributed by atoms with van der Waals surface area (Å²) in [6, 6.07) is 0. The molecule has 0 atom stereocenters. The molecule has 4 heteroatoms. The van der Waals surface area contributed by atoms with Crippen LogP contribution in [0.3, 0.4) is 0 Å². The summed E-state index contributed by atoms with van der Waals surface area (Å²) in [6.45, 7) is 12.1. The van der Waals surface area contributed by atoms with Crippen LogP contribution in [0.4, 0.5) is 0 Å². The van der Waals surface area contributed by atoms with E-state index in [0.29, 0.717) is 0 Å². The van der Waals surface area contributed by atoms with E-state index in [1.165, 1.54) is 78.0 Å². The molecule has 0 bridgehead atoms. The molecule has 2 rings (SSSR count). The Labute approximate surface area is 112 Å². The Bertz CT molecular complexity index is 216. The van der Waals surface area contributed by atoms with Crippen molar-refractivity contribution in [1.29, 1.82) is 0 Å². The SMILES string of the molecule is NCCN1CCCN(CCCN2CCCC2)CC1. The predicted octanol–water partition coefficient (Wildman–Crippen LogP) is 0.439. The molecular formula is C14H30N4. The zero-order valence-electron chi connectivity index (χ0n) is 11.8. The van der Waals surface area contributed by atoms with Gasteiger partial charge in [-0.1, -0.05) is 0 Å². The molecule has 0 aromatic heterocycles. The zero-order chi connectivity index (χ0) is 12.6. The smallest absolute Gasteiger partial charge is 0.0110 e. The minimum absolute atomic E-state index is 0.801. The van der Waals surface area contributed by atoms with E-state index in [1.54, 1.807) is 0 Å². The van der Waals surface area contributed by atoms with Crippen molar-refractivity contribution in [2.45, 2.75) is 25.7 Å². The maximum Gasteiger partial charge on any atom is 0.0110 e. The van der Waals surface area contributed by atoms with Gasteiger partial charge >= 0.3 is 0 Å². The summed E-state index contributed by atoms with van der Waals surface area (Å²) in [4.78, 5) is 7.78. The normalized spacial score (nSPS) is 24.5. The lowest BCUT2D eigenvalue weighted by atomic mass is 10.3. The quantitative estimate of drug-likeness (QED) is 0.746. The summed E-state index contributed by atoms with van der Waals surface area (Å²) in [5, 5.41) is 0. The van der Waals surface area contributed by atoms with Crippen LogP contribution in [-0.4, -0.2) is 80.1 Å². The van der Waals surface area contributed by atoms with Crippen molar-refractivity contribution in [3.8, 4) is 0 Å². The van der Waals surface area contributed by atoms with E-state index in [9.17, 15) is 0 Å². The highest BCUT2D eigenvalue weighted by atomic mass is 15.2. The van der Waals surface area contributed by atoms with Gasteiger partial charge in [-0.05, 0) is 65.0 Å². The summed E-state index contributed by atoms with van der Waals surface area (Å²) in [7, 11) is 0. The number of nitrogens with two attached hydrogens (primary N) is 1. The number of hydrogen-bond donors (Lipinski definition) is 1. The maximum atomic E-state index is 5.63. The predicted molar refractivity (Wildman–Crippen MR) is 76.8 cm³/mol. The summed E-state index contributed by atoms with van der Waals surface area (Å²) in [6.07, 6.45) is 5.48. The van der Waals surface area contributed by atoms with Gasteiger partial charge in [-0.25, -0.2) is 0 Å². The molecule has 2 N–H and O–H groups in total. The topological polar surface area (TPSA) is 35.7 Å². The highest BCUT2D eigenvalue weighted by Crippen LogP contribution is 2.08. The third-order valence-corrected chi connectivity index (χ3v) is 4.27. The standard InChI is InChI=1S/C14H30N4/c15-5-12-18-11-4-10-17(13-14-18)9-3-8-16-6-1-2-7-16/h1-15H2. The zero-order valence-corrected chi connectivity index (χ0v) is 11.8. The first-order chi connectivity index (χ1) is 8.88. The third kappa shape index (κ3) is 4.84. The number of nitrogens with zero attached hydrogens (tertiary/aromatic N) is 3. The molecule has 0 radical (unpaired) electrons. The second-order valence-electron chi connectivity index (χ2n) is 5.73. The Balaban J connectivity index is 1.58. The van der Waals surface area contributed by atoms with Crippen molar-refractivity contribution in [3.05, 3.63) is 0 Å². The van der Waals surface area contributed by atoms with Gasteiger partial charge in [-0.3, -0.25) is 0 Å². The lowest BCUT2D eigenvalue weighted by molar-refractivity contribution is 0.241. The minimum Gasteiger partial charge on any atom is -0.329 e. The monoisotopic (exact) mass is 254 g/mol. The van der Waals surface area contributed by atoms with Crippen molar-refractivity contribution < 1.29 is 0 Å². The lowest BCUT2D eigenvalue weighted by Crippen LogP contribution is -2.34. The summed E-state index contributed by atoms with van der Waals surface area (Å²) in [5.41, 5.74) is 5.63. The second kappa shape index (κ2) is 8.10. The van der Waals surface area contributed by atoms with Gasteiger partial charge < -0.3 is 20.4 Å². The molecule has 0 aromatic rings. The van der Waals surface area contributed by atoms with Gasteiger partial charge in [0, 0.05) is 26.2 Å². The molecule has 2 heterocycles. The first-order valence-corrected chi connectivity index (χ1v) is 7.75. The van der Waals surface area contributed by atoms with Gasteiger partial charge in [0.05, 0.1) is 0 Å². The van der Waals surface area contributed by atoms with E-state index in [-0.39, 0.29) is 0 Å². The van der Waals surface area contributed by atoms with E-state index in [0.717, 1.165) is 13.1 Å². The molecule has 2 saturated heterocycles. The molecule has 0 amide bonds. The fourth-order valence-corrected chi connectivity index (χ4v) is 3.18. The summed E-state index contributed by atoms with van der Waals surface area (Å²) in [5.74, 6) is 0. The van der Waals surface area contributed by atoms with Crippen molar-refractivity contribution in [3.63, 3.8) is 0 Å². The largest absolute Gasteiger partial charge is 0.329 e. The molecule has 106 valence electrons. The highest BCUT2D eigenvalue weighted by Gasteiger charge is 2.15. The van der Waals surface area contributed by atoms with Gasteiger partial charge in [0.25, 0.3) is 0 Å². The van der Waals surface area contributed by atoms with Crippen molar-refractivity contribution in [2.24, 2.45) is 5.73 Å². The fourth-order valence-electron chi connectivity index (χ4n) is 3.18. The van der Waals surface area contributed by atoms with Gasteiger partial charge in [0.2, 0.25) is 0 Å². The lowest BCUT2D eigenvalue weighted by Gasteiger charge is -2.22. The fraction of sp³-hybridized carbons (Fsp3) is 1.00. The van der Waals surface area contributed by atoms with Crippen molar-refractivity contribution in [2.75, 3.05) is 65.4 Å². The third-order valence-electron chi connectivity index (χ3n) is 4.27. The maximum absolute atomic E-state index is 5.63. The molecule has 2 aliphatic rings. The van der Waals surface area contributed by atoms with Crippen molar-refractivity contribution >= 4 is 0 Å². The van der Waals surface area contributed by atoms with Crippen LogP contribution in [0.15, 0.2) is 0 Å². The average Bonchev–Trinajstić information content (AvgIpc) is 2.78. The van der Waals surface area contributed by atoms with Gasteiger partial charge in [0.15, 0.2) is 0 Å². The molecule has 18 heavy (non-hydrogen) atoms. The second-order valence-corrected chi connectivity index (χ2v) is 5.73. The van der Waals surface area contributed by atoms with Crippen LogP contribution in [0.25, 0.3) is 0 Å². The Morgan fingerprint density at radius 3 is 1.72 bits per heavy atom. The molecule has 0 aromatic carbocycles. The summed E-state index contributed by atoms with van der Waals surface area (Å²) < 4.78 is 0. The van der Waals surface area contributed by atoms with Gasteiger partial charge in [0.1, 0.15) is 0 Å². The Kier molecular flexibility index (Phi) is 6.41. The van der Waals surface area contributed by atoms with Crippen LogP contribution in [0.5, 0.6) is 0 Å². The summed E-state index contributed by atoms with van der Waals surface area (Å²) >= 11 is 0. The molecule has 2 fully saturated rings. The highest BCUT2D eigenvalue weighted by molar-refractivity contribution is 4.71. The Morgan fingerprint density at radius 2 is 1.11 bits per heavy atom. The number of hydrogen-bond acceptors (Lipinski definition) is 4. The first-order valence-electron chi connectivity index (χ1n) is 7.75. The van der Waals surface area contributed by atoms with E-state index in [1.807, 2.05) is 0 Å². The van der Waals surface area contributed by atoms with Crippen LogP contribution in [0.1, 0.15) is 25.7 Å². The van der Waals surface area contributed by atoms with Crippen LogP contribution >= 0.6 is 0 Å². The van der Waals surface area contributed by atoms with E-state index in [4.69, 9.17) is 5.73 Å². The number of likely N-dealkylation sites (tertiary alicyclic amines) is 1. The van der Waals surface area contributed by atoms with Crippen molar-refractivity contribution in [1.82, 2.24) is 14.7 Å². The van der Waals surface area contributed by atoms with E-state index < -0.39 is 0 Å². The molecule has 0 saturated carbocycles. The molecule has 0 unspecified atom stereocenters. The molecule has 0 spiro atoms. The molecule has 4 nitrogen and oxygen atoms in total. The molecule has 2 aliphatic heterocycles. The molecule has 0 aliphatic carbocycles. The van der Waals surface area contributed by atoms with E-state index in [2.05, 4.69) is 14.7 Å². The van der Waals surface area contributed by atoms with E-state index >= 15 is 0 Å². The average molecular weight is 254 g/mol.